The van der Waals surface area contributed by atoms with Gasteiger partial charge in [-0.05, 0) is 18.7 Å². The van der Waals surface area contributed by atoms with Crippen molar-refractivity contribution < 1.29 is 65.6 Å². The molecule has 0 aliphatic carbocycles. The van der Waals surface area contributed by atoms with Crippen LogP contribution in [0, 0.1) is 0 Å². The van der Waals surface area contributed by atoms with Crippen LogP contribution in [-0.4, -0.2) is 18.2 Å². The van der Waals surface area contributed by atoms with E-state index in [2.05, 4.69) is 6.92 Å². The maximum Gasteiger partial charge on any atom is 1.00 e. The Balaban J connectivity index is 0. The zero-order valence-corrected chi connectivity index (χ0v) is 16.5. The first-order valence-electron chi connectivity index (χ1n) is 7.05. The van der Waals surface area contributed by atoms with Crippen molar-refractivity contribution in [2.75, 3.05) is 12.3 Å². The molecule has 19 heavy (non-hydrogen) atoms. The van der Waals surface area contributed by atoms with E-state index in [4.69, 9.17) is 5.73 Å². The van der Waals surface area contributed by atoms with Crippen LogP contribution in [0.1, 0.15) is 64.7 Å². The molecule has 0 aromatic heterocycles. The van der Waals surface area contributed by atoms with Crippen molar-refractivity contribution in [2.45, 2.75) is 64.7 Å². The maximum atomic E-state index is 11.5. The zero-order valence-electron chi connectivity index (χ0n) is 12.5. The molecule has 1 atom stereocenters. The summed E-state index contributed by atoms with van der Waals surface area (Å²) in [4.78, 5) is 22.0. The number of unbranched alkanes of at least 4 members (excludes halogenated alkanes) is 7. The van der Waals surface area contributed by atoms with E-state index < -0.39 is 13.3 Å². The molecule has 0 saturated heterocycles. The smallest absolute Gasteiger partial charge is 0.799 e. The van der Waals surface area contributed by atoms with Crippen molar-refractivity contribution in [3.05, 3.63) is 0 Å². The largest absolute Gasteiger partial charge is 1.00 e. The van der Waals surface area contributed by atoms with Crippen LogP contribution >= 0.6 is 7.37 Å². The molecule has 0 aromatic rings. The molecule has 0 aliphatic heterocycles. The molecule has 0 spiro atoms. The molecule has 0 fully saturated rings. The van der Waals surface area contributed by atoms with Crippen LogP contribution in [0.5, 0.6) is 0 Å². The van der Waals surface area contributed by atoms with Gasteiger partial charge in [0.15, 0.2) is 0 Å². The molecular formula is C13H27KNO3P. The standard InChI is InChI=1S/C13H28NO3P.K/c1-2-3-4-5-6-7-8-9-11-18(16,17)12-10-13(14)15;/h2-12H2,1H3,(H2,14,15)(H,16,17);/q;+1/p-1. The number of nitrogens with two attached hydrogens (primary N) is 1. The molecule has 0 heterocycles. The van der Waals surface area contributed by atoms with Gasteiger partial charge in [0.05, 0.1) is 0 Å². The van der Waals surface area contributed by atoms with E-state index >= 15 is 0 Å². The summed E-state index contributed by atoms with van der Waals surface area (Å²) < 4.78 is 11.5. The van der Waals surface area contributed by atoms with Crippen LogP contribution in [0.25, 0.3) is 0 Å². The zero-order chi connectivity index (χ0) is 13.9. The van der Waals surface area contributed by atoms with E-state index in [-0.39, 0.29) is 70.1 Å². The summed E-state index contributed by atoms with van der Waals surface area (Å²) in [5.41, 5.74) is 4.93. The van der Waals surface area contributed by atoms with Gasteiger partial charge in [-0.3, -0.25) is 4.79 Å². The number of hydrogen-bond donors (Lipinski definition) is 1. The van der Waals surface area contributed by atoms with Crippen LogP contribution in [0.4, 0.5) is 0 Å². The van der Waals surface area contributed by atoms with Crippen molar-refractivity contribution in [3.8, 4) is 0 Å². The molecule has 0 radical (unpaired) electrons. The normalized spacial score (nSPS) is 13.6. The van der Waals surface area contributed by atoms with Gasteiger partial charge in [0.25, 0.3) is 0 Å². The van der Waals surface area contributed by atoms with Gasteiger partial charge in [-0.1, -0.05) is 51.9 Å². The number of primary amides is 1. The van der Waals surface area contributed by atoms with Crippen LogP contribution in [0.3, 0.4) is 0 Å². The van der Waals surface area contributed by atoms with Crippen LogP contribution in [0.15, 0.2) is 0 Å². The summed E-state index contributed by atoms with van der Waals surface area (Å²) in [5.74, 6) is -0.540. The predicted octanol–water partition coefficient (Wildman–Crippen LogP) is -0.355. The van der Waals surface area contributed by atoms with Crippen LogP contribution in [-0.2, 0) is 9.36 Å². The summed E-state index contributed by atoms with van der Waals surface area (Å²) in [6.45, 7) is 2.19. The minimum absolute atomic E-state index is 0. The first kappa shape index (κ1) is 22.6. The summed E-state index contributed by atoms with van der Waals surface area (Å²) in [5, 5.41) is 0. The van der Waals surface area contributed by atoms with E-state index in [1.807, 2.05) is 0 Å². The van der Waals surface area contributed by atoms with Gasteiger partial charge in [0, 0.05) is 13.8 Å². The van der Waals surface area contributed by atoms with E-state index in [9.17, 15) is 14.3 Å². The Bertz CT molecular complexity index is 275. The van der Waals surface area contributed by atoms with Crippen molar-refractivity contribution in [1.29, 1.82) is 0 Å². The van der Waals surface area contributed by atoms with Gasteiger partial charge in [0.2, 0.25) is 5.91 Å². The fourth-order valence-electron chi connectivity index (χ4n) is 1.88. The number of rotatable bonds is 12. The van der Waals surface area contributed by atoms with Gasteiger partial charge >= 0.3 is 51.4 Å². The van der Waals surface area contributed by atoms with E-state index in [0.717, 1.165) is 12.8 Å². The molecule has 0 aromatic carbocycles. The van der Waals surface area contributed by atoms with E-state index in [0.29, 0.717) is 6.42 Å². The first-order chi connectivity index (χ1) is 8.48. The fourth-order valence-corrected chi connectivity index (χ4v) is 3.37. The summed E-state index contributed by atoms with van der Waals surface area (Å²) in [6.07, 6.45) is 9.18. The molecule has 0 saturated carbocycles. The molecular weight excluding hydrogens is 288 g/mol. The number of hydrogen-bond acceptors (Lipinski definition) is 3. The summed E-state index contributed by atoms with van der Waals surface area (Å²) in [6, 6.07) is 0. The second-order valence-corrected chi connectivity index (χ2v) is 7.48. The van der Waals surface area contributed by atoms with Gasteiger partial charge in [-0.25, -0.2) is 0 Å². The fraction of sp³-hybridized carbons (Fsp3) is 0.923. The average Bonchev–Trinajstić information content (AvgIpc) is 2.30. The third kappa shape index (κ3) is 17.2. The Kier molecular flexibility index (Phi) is 16.9. The second kappa shape index (κ2) is 14.2. The van der Waals surface area contributed by atoms with E-state index in [1.54, 1.807) is 0 Å². The second-order valence-electron chi connectivity index (χ2n) is 4.95. The molecule has 6 heteroatoms. The molecule has 4 nitrogen and oxygen atoms in total. The molecule has 0 aliphatic rings. The Hall–Kier alpha value is 1.30. The molecule has 0 rings (SSSR count). The van der Waals surface area contributed by atoms with Crippen molar-refractivity contribution >= 4 is 13.3 Å². The third-order valence-corrected chi connectivity index (χ3v) is 4.95. The number of carbonyl (C=O) groups is 1. The Labute approximate surface area is 160 Å². The quantitative estimate of drug-likeness (QED) is 0.303. The molecule has 108 valence electrons. The minimum atomic E-state index is -3.36. The Morgan fingerprint density at radius 1 is 1.00 bits per heavy atom. The molecule has 0 bridgehead atoms. The van der Waals surface area contributed by atoms with Gasteiger partial charge < -0.3 is 15.2 Å². The first-order valence-corrected chi connectivity index (χ1v) is 9.05. The van der Waals surface area contributed by atoms with Crippen molar-refractivity contribution in [2.24, 2.45) is 5.73 Å². The SMILES string of the molecule is CCCCCCCCCCP(=O)([O-])CCC(N)=O.[K+]. The summed E-state index contributed by atoms with van der Waals surface area (Å²) >= 11 is 0. The molecule has 2 N–H and O–H groups in total. The third-order valence-electron chi connectivity index (χ3n) is 3.05. The number of amides is 1. The topological polar surface area (TPSA) is 83.2 Å². The van der Waals surface area contributed by atoms with Crippen molar-refractivity contribution in [3.63, 3.8) is 0 Å². The maximum absolute atomic E-state index is 11.5. The van der Waals surface area contributed by atoms with Crippen LogP contribution < -0.4 is 62.0 Å². The Morgan fingerprint density at radius 2 is 1.47 bits per heavy atom. The Morgan fingerprint density at radius 3 is 1.95 bits per heavy atom. The number of carbonyl (C=O) groups excluding carboxylic acids is 1. The van der Waals surface area contributed by atoms with Crippen LogP contribution in [0.2, 0.25) is 0 Å². The van der Waals surface area contributed by atoms with Gasteiger partial charge in [-0.15, -0.1) is 0 Å². The summed E-state index contributed by atoms with van der Waals surface area (Å²) in [7, 11) is -3.36. The van der Waals surface area contributed by atoms with Gasteiger partial charge in [0.1, 0.15) is 0 Å². The monoisotopic (exact) mass is 315 g/mol. The predicted molar refractivity (Wildman–Crippen MR) is 73.8 cm³/mol. The van der Waals surface area contributed by atoms with Crippen molar-refractivity contribution in [1.82, 2.24) is 0 Å². The minimum Gasteiger partial charge on any atom is -0.799 e. The molecule has 1 unspecified atom stereocenters. The van der Waals surface area contributed by atoms with E-state index in [1.165, 1.54) is 32.1 Å². The average molecular weight is 315 g/mol. The van der Waals surface area contributed by atoms with Gasteiger partial charge in [-0.2, -0.15) is 0 Å². The molecule has 1 amide bonds.